The van der Waals surface area contributed by atoms with Crippen LogP contribution in [0.3, 0.4) is 0 Å². The third kappa shape index (κ3) is 3.39. The van der Waals surface area contributed by atoms with Crippen LogP contribution in [0, 0.1) is 5.41 Å². The Labute approximate surface area is 159 Å². The summed E-state index contributed by atoms with van der Waals surface area (Å²) in [6.45, 7) is 5.42. The Bertz CT molecular complexity index is 740. The lowest BCUT2D eigenvalue weighted by molar-refractivity contribution is -0.132. The average Bonchev–Trinajstić information content (AvgIpc) is 2.86. The van der Waals surface area contributed by atoms with Gasteiger partial charge in [-0.05, 0) is 30.5 Å². The van der Waals surface area contributed by atoms with Gasteiger partial charge in [-0.3, -0.25) is 9.59 Å². The van der Waals surface area contributed by atoms with Crippen molar-refractivity contribution in [2.75, 3.05) is 0 Å². The first-order valence-electron chi connectivity index (χ1n) is 9.28. The van der Waals surface area contributed by atoms with Crippen molar-refractivity contribution in [3.05, 3.63) is 46.2 Å². The van der Waals surface area contributed by atoms with Crippen molar-refractivity contribution >= 4 is 23.3 Å². The second-order valence-electron chi connectivity index (χ2n) is 8.30. The van der Waals surface area contributed by atoms with Gasteiger partial charge in [-0.2, -0.15) is 0 Å². The van der Waals surface area contributed by atoms with Gasteiger partial charge in [0.1, 0.15) is 0 Å². The normalized spacial score (nSPS) is 22.2. The van der Waals surface area contributed by atoms with Crippen LogP contribution in [0.15, 0.2) is 35.6 Å². The molecule has 0 spiro atoms. The Hall–Kier alpha value is -1.81. The van der Waals surface area contributed by atoms with Crippen molar-refractivity contribution < 1.29 is 14.7 Å². The van der Waals surface area contributed by atoms with Crippen molar-refractivity contribution in [2.24, 2.45) is 5.41 Å². The fourth-order valence-corrected chi connectivity index (χ4v) is 4.09. The monoisotopic (exact) mass is 375 g/mol. The number of rotatable bonds is 3. The molecule has 1 unspecified atom stereocenters. The smallest absolute Gasteiger partial charge is 0.290 e. The zero-order valence-corrected chi connectivity index (χ0v) is 16.3. The highest BCUT2D eigenvalue weighted by Crippen LogP contribution is 2.44. The van der Waals surface area contributed by atoms with Crippen LogP contribution in [0.4, 0.5) is 0 Å². The molecular weight excluding hydrogens is 350 g/mol. The molecule has 1 aromatic rings. The lowest BCUT2D eigenvalue weighted by Gasteiger charge is -2.37. The maximum atomic E-state index is 13.1. The summed E-state index contributed by atoms with van der Waals surface area (Å²) in [6, 6.07) is 6.69. The van der Waals surface area contributed by atoms with E-state index in [-0.39, 0.29) is 17.4 Å². The molecule has 1 fully saturated rings. The summed E-state index contributed by atoms with van der Waals surface area (Å²) < 4.78 is 0. The van der Waals surface area contributed by atoms with Crippen molar-refractivity contribution in [3.63, 3.8) is 0 Å². The number of nitrogens with zero attached hydrogens (tertiary/aromatic N) is 1. The van der Waals surface area contributed by atoms with E-state index in [0.717, 1.165) is 37.7 Å². The second kappa shape index (κ2) is 7.07. The maximum absolute atomic E-state index is 13.1. The molecule has 1 saturated carbocycles. The third-order valence-corrected chi connectivity index (χ3v) is 5.58. The molecular formula is C21H26ClNO3. The van der Waals surface area contributed by atoms with Gasteiger partial charge >= 0.3 is 0 Å². The number of hydrogen-bond acceptors (Lipinski definition) is 3. The number of amides is 1. The molecule has 140 valence electrons. The van der Waals surface area contributed by atoms with Crippen LogP contribution >= 0.6 is 11.6 Å². The Balaban J connectivity index is 2.09. The van der Waals surface area contributed by atoms with Crippen LogP contribution in [0.1, 0.15) is 64.5 Å². The van der Waals surface area contributed by atoms with Gasteiger partial charge in [0.15, 0.2) is 11.5 Å². The second-order valence-corrected chi connectivity index (χ2v) is 8.74. The molecule has 1 heterocycles. The van der Waals surface area contributed by atoms with E-state index in [2.05, 4.69) is 0 Å². The number of halogens is 1. The first-order valence-corrected chi connectivity index (χ1v) is 9.65. The summed E-state index contributed by atoms with van der Waals surface area (Å²) in [5.41, 5.74) is 0.344. The summed E-state index contributed by atoms with van der Waals surface area (Å²) in [4.78, 5) is 27.7. The number of carbonyl (C=O) groups is 2. The SMILES string of the molecule is CC(C)(C)C(=O)C1=C(O)C(=O)N(C2CCCCC2)C1c1ccc(Cl)cc1. The van der Waals surface area contributed by atoms with Crippen LogP contribution < -0.4 is 0 Å². The number of benzene rings is 1. The largest absolute Gasteiger partial charge is 0.503 e. The number of Topliss-reactive ketones (excluding diaryl/α,β-unsaturated/α-hetero) is 1. The highest BCUT2D eigenvalue weighted by atomic mass is 35.5. The standard InChI is InChI=1S/C21H26ClNO3/c1-21(2,3)19(25)16-17(13-9-11-14(22)12-10-13)23(20(26)18(16)24)15-7-5-4-6-8-15/h9-12,15,17,24H,4-8H2,1-3H3. The average molecular weight is 376 g/mol. The minimum absolute atomic E-state index is 0.0457. The summed E-state index contributed by atoms with van der Waals surface area (Å²) in [7, 11) is 0. The molecule has 1 N–H and O–H groups in total. The zero-order valence-electron chi connectivity index (χ0n) is 15.6. The fourth-order valence-electron chi connectivity index (χ4n) is 3.97. The van der Waals surface area contributed by atoms with Gasteiger partial charge in [0.05, 0.1) is 11.6 Å². The molecule has 1 aromatic carbocycles. The molecule has 1 aliphatic heterocycles. The van der Waals surface area contributed by atoms with E-state index in [1.807, 2.05) is 32.9 Å². The summed E-state index contributed by atoms with van der Waals surface area (Å²) in [5, 5.41) is 11.2. The molecule has 5 heteroatoms. The molecule has 4 nitrogen and oxygen atoms in total. The van der Waals surface area contributed by atoms with E-state index in [9.17, 15) is 14.7 Å². The number of aliphatic hydroxyl groups excluding tert-OH is 1. The van der Waals surface area contributed by atoms with E-state index in [0.29, 0.717) is 5.02 Å². The van der Waals surface area contributed by atoms with Crippen LogP contribution in [-0.4, -0.2) is 27.7 Å². The van der Waals surface area contributed by atoms with Crippen molar-refractivity contribution in [1.82, 2.24) is 4.90 Å². The van der Waals surface area contributed by atoms with Gasteiger partial charge in [0.2, 0.25) is 0 Å². The molecule has 0 radical (unpaired) electrons. The molecule has 0 aromatic heterocycles. The molecule has 0 saturated heterocycles. The van der Waals surface area contributed by atoms with E-state index >= 15 is 0 Å². The van der Waals surface area contributed by atoms with Gasteiger partial charge in [-0.1, -0.05) is 63.8 Å². The van der Waals surface area contributed by atoms with Gasteiger partial charge in [0, 0.05) is 16.5 Å². The maximum Gasteiger partial charge on any atom is 0.290 e. The van der Waals surface area contributed by atoms with E-state index in [1.165, 1.54) is 0 Å². The fraction of sp³-hybridized carbons (Fsp3) is 0.524. The molecule has 2 aliphatic rings. The Morgan fingerprint density at radius 2 is 1.69 bits per heavy atom. The topological polar surface area (TPSA) is 57.6 Å². The molecule has 1 amide bonds. The minimum Gasteiger partial charge on any atom is -0.503 e. The van der Waals surface area contributed by atoms with Gasteiger partial charge in [-0.25, -0.2) is 0 Å². The highest BCUT2D eigenvalue weighted by Gasteiger charge is 2.48. The van der Waals surface area contributed by atoms with E-state index in [1.54, 1.807) is 17.0 Å². The quantitative estimate of drug-likeness (QED) is 0.810. The molecule has 3 rings (SSSR count). The number of carbonyl (C=O) groups excluding carboxylic acids is 2. The van der Waals surface area contributed by atoms with Crippen molar-refractivity contribution in [3.8, 4) is 0 Å². The van der Waals surface area contributed by atoms with Crippen LogP contribution in [0.25, 0.3) is 0 Å². The Morgan fingerprint density at radius 1 is 1.12 bits per heavy atom. The lowest BCUT2D eigenvalue weighted by Crippen LogP contribution is -2.41. The Morgan fingerprint density at radius 3 is 2.23 bits per heavy atom. The lowest BCUT2D eigenvalue weighted by atomic mass is 9.81. The summed E-state index contributed by atoms with van der Waals surface area (Å²) in [6.07, 6.45) is 5.09. The molecule has 0 bridgehead atoms. The van der Waals surface area contributed by atoms with Crippen LogP contribution in [-0.2, 0) is 9.59 Å². The number of aliphatic hydroxyl groups is 1. The number of ketones is 1. The predicted molar refractivity (Wildman–Crippen MR) is 102 cm³/mol. The molecule has 26 heavy (non-hydrogen) atoms. The van der Waals surface area contributed by atoms with Gasteiger partial charge in [-0.15, -0.1) is 0 Å². The van der Waals surface area contributed by atoms with Crippen molar-refractivity contribution in [1.29, 1.82) is 0 Å². The first-order chi connectivity index (χ1) is 12.2. The van der Waals surface area contributed by atoms with E-state index < -0.39 is 23.1 Å². The summed E-state index contributed by atoms with van der Waals surface area (Å²) >= 11 is 6.02. The number of hydrogen-bond donors (Lipinski definition) is 1. The predicted octanol–water partition coefficient (Wildman–Crippen LogP) is 4.98. The third-order valence-electron chi connectivity index (χ3n) is 5.32. The van der Waals surface area contributed by atoms with E-state index in [4.69, 9.17) is 11.6 Å². The van der Waals surface area contributed by atoms with Gasteiger partial charge in [0.25, 0.3) is 5.91 Å². The minimum atomic E-state index is -0.684. The highest BCUT2D eigenvalue weighted by molar-refractivity contribution is 6.30. The van der Waals surface area contributed by atoms with Crippen LogP contribution in [0.5, 0.6) is 0 Å². The Kier molecular flexibility index (Phi) is 5.16. The van der Waals surface area contributed by atoms with Gasteiger partial charge < -0.3 is 10.0 Å². The molecule has 1 aliphatic carbocycles. The van der Waals surface area contributed by atoms with Crippen molar-refractivity contribution in [2.45, 2.75) is 65.0 Å². The summed E-state index contributed by atoms with van der Waals surface area (Å²) in [5.74, 6) is -1.01. The first kappa shape index (κ1) is 19.0. The molecule has 1 atom stereocenters. The zero-order chi connectivity index (χ0) is 19.1. The van der Waals surface area contributed by atoms with Crippen LogP contribution in [0.2, 0.25) is 5.02 Å².